The van der Waals surface area contributed by atoms with E-state index in [4.69, 9.17) is 4.74 Å². The summed E-state index contributed by atoms with van der Waals surface area (Å²) in [7, 11) is 1.65. The van der Waals surface area contributed by atoms with E-state index in [9.17, 15) is 4.79 Å². The molecule has 1 saturated heterocycles. The van der Waals surface area contributed by atoms with Crippen LogP contribution in [0.25, 0.3) is 0 Å². The highest BCUT2D eigenvalue weighted by Gasteiger charge is 2.36. The molecule has 1 heterocycles. The fraction of sp³-hybridized carbons (Fsp3) is 0.435. The molecule has 2 N–H and O–H groups in total. The maximum absolute atomic E-state index is 12.8. The monoisotopic (exact) mass is 413 g/mol. The Hall–Kier alpha value is -1.86. The van der Waals surface area contributed by atoms with Crippen molar-refractivity contribution in [2.24, 2.45) is 0 Å². The maximum Gasteiger partial charge on any atom is 0.237 e. The average molecular weight is 414 g/mol. The number of benzene rings is 2. The van der Waals surface area contributed by atoms with Gasteiger partial charge in [0.05, 0.1) is 12.6 Å². The van der Waals surface area contributed by atoms with Crippen LogP contribution in [0.4, 0.5) is 0 Å². The first kappa shape index (κ1) is 21.8. The summed E-state index contributed by atoms with van der Waals surface area (Å²) in [4.78, 5) is 16.3. The second kappa shape index (κ2) is 11.4. The quantitative estimate of drug-likeness (QED) is 0.463. The average Bonchev–Trinajstić information content (AvgIpc) is 3.16. The second-order valence-electron chi connectivity index (χ2n) is 7.38. The van der Waals surface area contributed by atoms with Crippen LogP contribution in [0.5, 0.6) is 0 Å². The first-order valence-electron chi connectivity index (χ1n) is 10.1. The van der Waals surface area contributed by atoms with Crippen molar-refractivity contribution in [3.8, 4) is 0 Å². The van der Waals surface area contributed by atoms with Crippen molar-refractivity contribution in [1.82, 2.24) is 15.5 Å². The van der Waals surface area contributed by atoms with Crippen LogP contribution in [-0.2, 0) is 22.6 Å². The third kappa shape index (κ3) is 6.57. The van der Waals surface area contributed by atoms with Crippen molar-refractivity contribution in [2.45, 2.75) is 36.5 Å². The molecule has 0 saturated carbocycles. The van der Waals surface area contributed by atoms with Crippen molar-refractivity contribution in [2.75, 3.05) is 33.1 Å². The lowest BCUT2D eigenvalue weighted by Crippen LogP contribution is -2.43. The summed E-state index contributed by atoms with van der Waals surface area (Å²) in [5, 5.41) is 6.66. The Morgan fingerprint density at radius 3 is 2.59 bits per heavy atom. The molecule has 1 amide bonds. The fourth-order valence-corrected chi connectivity index (χ4v) is 4.12. The number of thioether (sulfide) groups is 1. The van der Waals surface area contributed by atoms with Crippen LogP contribution in [0, 0.1) is 0 Å². The molecule has 1 aliphatic heterocycles. The van der Waals surface area contributed by atoms with Crippen molar-refractivity contribution >= 4 is 17.7 Å². The number of nitrogens with one attached hydrogen (secondary N) is 2. The van der Waals surface area contributed by atoms with E-state index in [0.29, 0.717) is 13.2 Å². The van der Waals surface area contributed by atoms with E-state index in [2.05, 4.69) is 58.2 Å². The van der Waals surface area contributed by atoms with Crippen LogP contribution < -0.4 is 10.6 Å². The summed E-state index contributed by atoms with van der Waals surface area (Å²) >= 11 is 1.75. The van der Waals surface area contributed by atoms with Crippen LogP contribution in [-0.4, -0.2) is 56.0 Å². The molecule has 0 radical (unpaired) electrons. The number of carbonyl (C=O) groups excluding carboxylic acids is 1. The summed E-state index contributed by atoms with van der Waals surface area (Å²) in [6.45, 7) is 3.54. The summed E-state index contributed by atoms with van der Waals surface area (Å²) < 4.78 is 5.06. The highest BCUT2D eigenvalue weighted by atomic mass is 32.2. The van der Waals surface area contributed by atoms with Gasteiger partial charge in [0.1, 0.15) is 0 Å². The number of amides is 1. The molecule has 1 fully saturated rings. The molecule has 29 heavy (non-hydrogen) atoms. The molecule has 6 heteroatoms. The van der Waals surface area contributed by atoms with Gasteiger partial charge in [-0.15, -0.1) is 11.8 Å². The van der Waals surface area contributed by atoms with E-state index in [1.807, 2.05) is 18.2 Å². The second-order valence-corrected chi connectivity index (χ2v) is 8.26. The van der Waals surface area contributed by atoms with E-state index in [1.54, 1.807) is 18.9 Å². The lowest BCUT2D eigenvalue weighted by Gasteiger charge is -2.23. The third-order valence-electron chi connectivity index (χ3n) is 5.29. The van der Waals surface area contributed by atoms with Crippen molar-refractivity contribution in [3.05, 3.63) is 65.7 Å². The lowest BCUT2D eigenvalue weighted by molar-refractivity contribution is -0.125. The van der Waals surface area contributed by atoms with Crippen molar-refractivity contribution < 1.29 is 9.53 Å². The molecular weight excluding hydrogens is 382 g/mol. The molecule has 5 nitrogen and oxygen atoms in total. The molecule has 0 unspecified atom stereocenters. The Kier molecular flexibility index (Phi) is 8.55. The molecule has 0 aliphatic carbocycles. The van der Waals surface area contributed by atoms with Gasteiger partial charge in [0, 0.05) is 44.2 Å². The first-order valence-corrected chi connectivity index (χ1v) is 11.3. The zero-order chi connectivity index (χ0) is 20.5. The van der Waals surface area contributed by atoms with Crippen LogP contribution in [0.1, 0.15) is 17.5 Å². The number of hydrogen-bond acceptors (Lipinski definition) is 5. The van der Waals surface area contributed by atoms with Gasteiger partial charge in [-0.2, -0.15) is 0 Å². The number of carbonyl (C=O) groups is 1. The van der Waals surface area contributed by atoms with Gasteiger partial charge in [-0.25, -0.2) is 0 Å². The van der Waals surface area contributed by atoms with E-state index < -0.39 is 0 Å². The SMILES string of the molecule is COCCNC(=O)[C@@H]1C[C@@H](NCc2ccc(SC)cc2)CN1Cc1ccccc1. The number of rotatable bonds is 10. The minimum Gasteiger partial charge on any atom is -0.383 e. The Labute approximate surface area is 178 Å². The van der Waals surface area contributed by atoms with E-state index in [-0.39, 0.29) is 18.0 Å². The normalized spacial score (nSPS) is 19.4. The van der Waals surface area contributed by atoms with Gasteiger partial charge < -0.3 is 15.4 Å². The number of likely N-dealkylation sites (tertiary alicyclic amines) is 1. The first-order chi connectivity index (χ1) is 14.2. The Morgan fingerprint density at radius 1 is 1.14 bits per heavy atom. The zero-order valence-corrected chi connectivity index (χ0v) is 18.1. The highest BCUT2D eigenvalue weighted by Crippen LogP contribution is 2.22. The van der Waals surface area contributed by atoms with Gasteiger partial charge in [0.25, 0.3) is 0 Å². The molecule has 0 aromatic heterocycles. The van der Waals surface area contributed by atoms with E-state index in [0.717, 1.165) is 26.1 Å². The molecule has 156 valence electrons. The van der Waals surface area contributed by atoms with Gasteiger partial charge in [-0.3, -0.25) is 9.69 Å². The number of methoxy groups -OCH3 is 1. The van der Waals surface area contributed by atoms with E-state index >= 15 is 0 Å². The molecule has 2 atom stereocenters. The van der Waals surface area contributed by atoms with Crippen LogP contribution in [0.15, 0.2) is 59.5 Å². The largest absolute Gasteiger partial charge is 0.383 e. The molecule has 0 bridgehead atoms. The molecular formula is C23H31N3O2S. The van der Waals surface area contributed by atoms with E-state index in [1.165, 1.54) is 16.0 Å². The fourth-order valence-electron chi connectivity index (χ4n) is 3.72. The Morgan fingerprint density at radius 2 is 1.90 bits per heavy atom. The Balaban J connectivity index is 1.60. The number of ether oxygens (including phenoxy) is 1. The zero-order valence-electron chi connectivity index (χ0n) is 17.3. The van der Waals surface area contributed by atoms with Gasteiger partial charge in [0.15, 0.2) is 0 Å². The van der Waals surface area contributed by atoms with Crippen molar-refractivity contribution in [1.29, 1.82) is 0 Å². The topological polar surface area (TPSA) is 53.6 Å². The summed E-state index contributed by atoms with van der Waals surface area (Å²) in [6.07, 6.45) is 2.90. The molecule has 1 aliphatic rings. The van der Waals surface area contributed by atoms with Crippen LogP contribution in [0.2, 0.25) is 0 Å². The van der Waals surface area contributed by atoms with Crippen LogP contribution in [0.3, 0.4) is 0 Å². The highest BCUT2D eigenvalue weighted by molar-refractivity contribution is 7.98. The number of hydrogen-bond donors (Lipinski definition) is 2. The predicted octanol–water partition coefficient (Wildman–Crippen LogP) is 2.90. The van der Waals surface area contributed by atoms with Crippen molar-refractivity contribution in [3.63, 3.8) is 0 Å². The maximum atomic E-state index is 12.8. The molecule has 2 aromatic rings. The molecule has 3 rings (SSSR count). The summed E-state index contributed by atoms with van der Waals surface area (Å²) in [5.74, 6) is 0.0894. The summed E-state index contributed by atoms with van der Waals surface area (Å²) in [5.41, 5.74) is 2.50. The van der Waals surface area contributed by atoms with Crippen LogP contribution >= 0.6 is 11.8 Å². The molecule has 2 aromatic carbocycles. The smallest absolute Gasteiger partial charge is 0.237 e. The standard InChI is InChI=1S/C23H31N3O2S/c1-28-13-12-24-23(27)22-14-20(17-26(22)16-19-6-4-3-5-7-19)25-15-18-8-10-21(29-2)11-9-18/h3-11,20,22,25H,12-17H2,1-2H3,(H,24,27)/t20-,22+/m1/s1. The minimum absolute atomic E-state index is 0.0894. The summed E-state index contributed by atoms with van der Waals surface area (Å²) in [6, 6.07) is 19.2. The number of nitrogens with zero attached hydrogens (tertiary/aromatic N) is 1. The Bertz CT molecular complexity index is 754. The van der Waals surface area contributed by atoms with Gasteiger partial charge in [-0.05, 0) is 35.9 Å². The molecule has 0 spiro atoms. The van der Waals surface area contributed by atoms with Gasteiger partial charge in [0.2, 0.25) is 5.91 Å². The minimum atomic E-state index is -0.122. The van der Waals surface area contributed by atoms with Gasteiger partial charge >= 0.3 is 0 Å². The third-order valence-corrected chi connectivity index (χ3v) is 6.04. The predicted molar refractivity (Wildman–Crippen MR) is 119 cm³/mol. The van der Waals surface area contributed by atoms with Gasteiger partial charge in [-0.1, -0.05) is 42.5 Å². The lowest BCUT2D eigenvalue weighted by atomic mass is 10.1.